The second-order valence-electron chi connectivity index (χ2n) is 10.4. The van der Waals surface area contributed by atoms with Crippen LogP contribution in [0, 0.1) is 28.6 Å². The molecule has 0 spiro atoms. The number of aliphatic hydroxyl groups excluding tert-OH is 1. The molecule has 1 aliphatic heterocycles. The first kappa shape index (κ1) is 20.3. The number of methoxy groups -OCH3 is 1. The predicted octanol–water partition coefficient (Wildman–Crippen LogP) is 2.68. The van der Waals surface area contributed by atoms with Gasteiger partial charge in [-0.2, -0.15) is 0 Å². The normalized spacial score (nSPS) is 47.4. The van der Waals surface area contributed by atoms with E-state index in [9.17, 15) is 19.8 Å². The standard InChI is InChI=1S/C24H32O6/c1-22-8-7-19-16(18(22)4-3-17(22)14-11-20(26)30-13-14)6-9-23(28)12-15(25)5-10-24(19,23)21(27)29-2/h4,11,15-17,19,25,28H,3,5-10,12-13H2,1-2H3/t15-,16+,17-,19-,22-,23+,24+/m0/s1. The molecule has 0 aromatic heterocycles. The molecule has 6 nitrogen and oxygen atoms in total. The molecular weight excluding hydrogens is 384 g/mol. The molecule has 0 aromatic rings. The Kier molecular flexibility index (Phi) is 4.50. The molecule has 7 atom stereocenters. The van der Waals surface area contributed by atoms with Crippen LogP contribution in [0.4, 0.5) is 0 Å². The minimum absolute atomic E-state index is 0.0183. The Morgan fingerprint density at radius 1 is 1.23 bits per heavy atom. The second-order valence-corrected chi connectivity index (χ2v) is 10.4. The van der Waals surface area contributed by atoms with Crippen molar-refractivity contribution in [2.24, 2.45) is 28.6 Å². The van der Waals surface area contributed by atoms with Crippen LogP contribution in [-0.4, -0.2) is 47.6 Å². The molecule has 2 N–H and O–H groups in total. The Morgan fingerprint density at radius 2 is 2.03 bits per heavy atom. The lowest BCUT2D eigenvalue weighted by Crippen LogP contribution is -2.66. The van der Waals surface area contributed by atoms with E-state index in [4.69, 9.17) is 9.47 Å². The summed E-state index contributed by atoms with van der Waals surface area (Å²) in [5, 5.41) is 21.9. The van der Waals surface area contributed by atoms with Gasteiger partial charge in [0.25, 0.3) is 0 Å². The summed E-state index contributed by atoms with van der Waals surface area (Å²) in [7, 11) is 1.41. The van der Waals surface area contributed by atoms with Gasteiger partial charge in [-0.3, -0.25) is 4.79 Å². The van der Waals surface area contributed by atoms with Gasteiger partial charge in [0, 0.05) is 12.5 Å². The van der Waals surface area contributed by atoms with Crippen molar-refractivity contribution in [3.8, 4) is 0 Å². The van der Waals surface area contributed by atoms with Crippen molar-refractivity contribution in [3.63, 3.8) is 0 Å². The maximum absolute atomic E-state index is 13.2. The number of fused-ring (bicyclic) bond motifs is 5. The van der Waals surface area contributed by atoms with E-state index in [1.165, 1.54) is 12.7 Å². The third-order valence-electron chi connectivity index (χ3n) is 9.32. The lowest BCUT2D eigenvalue weighted by molar-refractivity contribution is -0.225. The minimum Gasteiger partial charge on any atom is -0.468 e. The summed E-state index contributed by atoms with van der Waals surface area (Å²) in [6, 6.07) is 0. The van der Waals surface area contributed by atoms with E-state index < -0.39 is 17.1 Å². The van der Waals surface area contributed by atoms with E-state index in [2.05, 4.69) is 13.0 Å². The molecule has 3 saturated carbocycles. The quantitative estimate of drug-likeness (QED) is 0.531. The van der Waals surface area contributed by atoms with Gasteiger partial charge in [0.2, 0.25) is 0 Å². The Balaban J connectivity index is 1.51. The van der Waals surface area contributed by atoms with Crippen molar-refractivity contribution in [3.05, 3.63) is 23.3 Å². The number of hydrogen-bond donors (Lipinski definition) is 2. The van der Waals surface area contributed by atoms with Crippen LogP contribution >= 0.6 is 0 Å². The Hall–Kier alpha value is -1.66. The number of aliphatic hydroxyl groups is 2. The van der Waals surface area contributed by atoms with Crippen molar-refractivity contribution in [2.45, 2.75) is 70.0 Å². The minimum atomic E-state index is -1.21. The van der Waals surface area contributed by atoms with Crippen LogP contribution < -0.4 is 0 Å². The molecule has 4 aliphatic carbocycles. The smallest absolute Gasteiger partial charge is 0.331 e. The van der Waals surface area contributed by atoms with Crippen LogP contribution in [0.25, 0.3) is 0 Å². The average molecular weight is 417 g/mol. The summed E-state index contributed by atoms with van der Waals surface area (Å²) in [5.41, 5.74) is 0.278. The summed E-state index contributed by atoms with van der Waals surface area (Å²) >= 11 is 0. The number of esters is 2. The van der Waals surface area contributed by atoms with Gasteiger partial charge in [0.1, 0.15) is 12.0 Å². The Bertz CT molecular complexity index is 845. The van der Waals surface area contributed by atoms with Crippen molar-refractivity contribution < 1.29 is 29.3 Å². The largest absolute Gasteiger partial charge is 0.468 e. The van der Waals surface area contributed by atoms with E-state index in [0.29, 0.717) is 25.9 Å². The zero-order valence-corrected chi connectivity index (χ0v) is 17.9. The first-order chi connectivity index (χ1) is 14.2. The van der Waals surface area contributed by atoms with Gasteiger partial charge < -0.3 is 19.7 Å². The fourth-order valence-corrected chi connectivity index (χ4v) is 7.98. The molecule has 0 aromatic carbocycles. The lowest BCUT2D eigenvalue weighted by atomic mass is 9.43. The highest BCUT2D eigenvalue weighted by Gasteiger charge is 2.68. The molecule has 6 heteroatoms. The van der Waals surface area contributed by atoms with Crippen LogP contribution in [0.15, 0.2) is 23.3 Å². The highest BCUT2D eigenvalue weighted by Crippen LogP contribution is 2.68. The molecular formula is C24H32O6. The topological polar surface area (TPSA) is 93.1 Å². The molecule has 3 fully saturated rings. The van der Waals surface area contributed by atoms with Gasteiger partial charge >= 0.3 is 11.9 Å². The number of ether oxygens (including phenoxy) is 2. The van der Waals surface area contributed by atoms with Gasteiger partial charge in [0.05, 0.1) is 18.8 Å². The van der Waals surface area contributed by atoms with Gasteiger partial charge in [-0.25, -0.2) is 4.79 Å². The van der Waals surface area contributed by atoms with Crippen LogP contribution in [-0.2, 0) is 19.1 Å². The van der Waals surface area contributed by atoms with Crippen molar-refractivity contribution >= 4 is 11.9 Å². The zero-order valence-electron chi connectivity index (χ0n) is 17.9. The van der Waals surface area contributed by atoms with Crippen molar-refractivity contribution in [1.82, 2.24) is 0 Å². The molecule has 1 heterocycles. The number of carbonyl (C=O) groups is 2. The van der Waals surface area contributed by atoms with E-state index in [1.54, 1.807) is 6.08 Å². The first-order valence-electron chi connectivity index (χ1n) is 11.3. The van der Waals surface area contributed by atoms with E-state index in [-0.39, 0.29) is 41.5 Å². The zero-order chi connectivity index (χ0) is 21.3. The number of cyclic esters (lactones) is 1. The summed E-state index contributed by atoms with van der Waals surface area (Å²) < 4.78 is 10.5. The lowest BCUT2D eigenvalue weighted by Gasteiger charge is -2.62. The summed E-state index contributed by atoms with van der Waals surface area (Å²) in [4.78, 5) is 24.9. The highest BCUT2D eigenvalue weighted by atomic mass is 16.5. The highest BCUT2D eigenvalue weighted by molar-refractivity contribution is 5.85. The number of allylic oxidation sites excluding steroid dienone is 2. The van der Waals surface area contributed by atoms with E-state index in [1.807, 2.05) is 0 Å². The van der Waals surface area contributed by atoms with Crippen molar-refractivity contribution in [2.75, 3.05) is 13.7 Å². The Morgan fingerprint density at radius 3 is 2.73 bits per heavy atom. The van der Waals surface area contributed by atoms with Crippen molar-refractivity contribution in [1.29, 1.82) is 0 Å². The molecule has 30 heavy (non-hydrogen) atoms. The maximum Gasteiger partial charge on any atom is 0.331 e. The molecule has 0 amide bonds. The monoisotopic (exact) mass is 416 g/mol. The molecule has 164 valence electrons. The Labute approximate surface area is 177 Å². The fourth-order valence-electron chi connectivity index (χ4n) is 7.98. The number of hydrogen-bond acceptors (Lipinski definition) is 6. The fraction of sp³-hybridized carbons (Fsp3) is 0.750. The number of carbonyl (C=O) groups excluding carboxylic acids is 2. The molecule has 0 bridgehead atoms. The maximum atomic E-state index is 13.2. The van der Waals surface area contributed by atoms with Gasteiger partial charge in [-0.1, -0.05) is 18.6 Å². The average Bonchev–Trinajstić information content (AvgIpc) is 3.29. The predicted molar refractivity (Wildman–Crippen MR) is 108 cm³/mol. The van der Waals surface area contributed by atoms with Crippen LogP contribution in [0.1, 0.15) is 58.3 Å². The van der Waals surface area contributed by atoms with E-state index in [0.717, 1.165) is 31.3 Å². The molecule has 0 saturated heterocycles. The second kappa shape index (κ2) is 6.67. The third kappa shape index (κ3) is 2.49. The molecule has 5 aliphatic rings. The first-order valence-corrected chi connectivity index (χ1v) is 11.3. The third-order valence-corrected chi connectivity index (χ3v) is 9.32. The molecule has 5 rings (SSSR count). The van der Waals surface area contributed by atoms with Crippen LogP contribution in [0.5, 0.6) is 0 Å². The molecule has 0 unspecified atom stereocenters. The summed E-state index contributed by atoms with van der Waals surface area (Å²) in [6.45, 7) is 2.69. The van der Waals surface area contributed by atoms with Crippen LogP contribution in [0.2, 0.25) is 0 Å². The summed E-state index contributed by atoms with van der Waals surface area (Å²) in [6.07, 6.45) is 8.62. The van der Waals surface area contributed by atoms with E-state index >= 15 is 0 Å². The van der Waals surface area contributed by atoms with Gasteiger partial charge in [0.15, 0.2) is 0 Å². The van der Waals surface area contributed by atoms with Crippen LogP contribution in [0.3, 0.4) is 0 Å². The molecule has 0 radical (unpaired) electrons. The van der Waals surface area contributed by atoms with Gasteiger partial charge in [-0.15, -0.1) is 0 Å². The number of rotatable bonds is 2. The SMILES string of the molecule is COC(=O)[C@]12CC[C@H](O)C[C@]1(O)CC[C@@H]1C3=CC[C@@H](C4=CC(=O)OC4)[C@]3(C)CC[C@@H]12. The van der Waals surface area contributed by atoms with Gasteiger partial charge in [-0.05, 0) is 73.7 Å². The summed E-state index contributed by atoms with van der Waals surface area (Å²) in [5.74, 6) is -0.0543.